The normalized spacial score (nSPS) is 23.3. The lowest BCUT2D eigenvalue weighted by Crippen LogP contribution is -2.55. The number of amides is 2. The molecular formula is C25H41N3O4. The van der Waals surface area contributed by atoms with Gasteiger partial charge in [-0.2, -0.15) is 0 Å². The Morgan fingerprint density at radius 1 is 1.22 bits per heavy atom. The van der Waals surface area contributed by atoms with Gasteiger partial charge in [0.25, 0.3) is 0 Å². The zero-order valence-electron chi connectivity index (χ0n) is 20.4. The molecule has 2 amide bonds. The molecule has 180 valence electrons. The quantitative estimate of drug-likeness (QED) is 0.597. The zero-order chi connectivity index (χ0) is 23.9. The summed E-state index contributed by atoms with van der Waals surface area (Å²) in [6.45, 7) is 13.5. The lowest BCUT2D eigenvalue weighted by molar-refractivity contribution is -0.125. The summed E-state index contributed by atoms with van der Waals surface area (Å²) in [6, 6.07) is 9.10. The summed E-state index contributed by atoms with van der Waals surface area (Å²) < 4.78 is 5.34. The Bertz CT molecular complexity index is 732. The first kappa shape index (κ1) is 26.1. The summed E-state index contributed by atoms with van der Waals surface area (Å²) in [4.78, 5) is 27.6. The molecule has 1 fully saturated rings. The molecule has 1 aromatic rings. The summed E-state index contributed by atoms with van der Waals surface area (Å²) in [5.74, 6) is 0.0337. The number of benzene rings is 1. The fourth-order valence-electron chi connectivity index (χ4n) is 4.06. The molecule has 0 radical (unpaired) electrons. The molecule has 1 aliphatic rings. The Kier molecular flexibility index (Phi) is 9.52. The second-order valence-corrected chi connectivity index (χ2v) is 10.4. The standard InChI is InChI=1S/C25H41N3O4/c1-17(2)14-20(26-24(31)32-25(4,5)6)23(30)27-22-18(3)12-13-28(16-21(22)29)15-19-10-8-7-9-11-19/h7-11,17-18,20-22,29H,12-16H2,1-6H3,(H,26,31)(H,27,30)/t18?,20-,21?,22?/m0/s1. The molecular weight excluding hydrogens is 406 g/mol. The molecule has 1 aromatic carbocycles. The summed E-state index contributed by atoms with van der Waals surface area (Å²) in [6.07, 6.45) is 0.0502. The summed E-state index contributed by atoms with van der Waals surface area (Å²) in [5.41, 5.74) is 0.561. The number of carbonyl (C=O) groups excluding carboxylic acids is 2. The van der Waals surface area contributed by atoms with Crippen LogP contribution in [0.2, 0.25) is 0 Å². The zero-order valence-corrected chi connectivity index (χ0v) is 20.4. The van der Waals surface area contributed by atoms with Gasteiger partial charge in [-0.25, -0.2) is 4.79 Å². The second-order valence-electron chi connectivity index (χ2n) is 10.4. The van der Waals surface area contributed by atoms with Crippen LogP contribution in [0.3, 0.4) is 0 Å². The van der Waals surface area contributed by atoms with Crippen molar-refractivity contribution in [1.29, 1.82) is 0 Å². The van der Waals surface area contributed by atoms with Crippen molar-refractivity contribution in [1.82, 2.24) is 15.5 Å². The molecule has 3 unspecified atom stereocenters. The van der Waals surface area contributed by atoms with E-state index in [1.807, 2.05) is 32.0 Å². The lowest BCUT2D eigenvalue weighted by atomic mass is 9.94. The van der Waals surface area contributed by atoms with Crippen LogP contribution in [-0.4, -0.2) is 58.9 Å². The minimum Gasteiger partial charge on any atom is -0.444 e. The topological polar surface area (TPSA) is 90.9 Å². The number of rotatable bonds is 7. The van der Waals surface area contributed by atoms with Crippen LogP contribution in [0.1, 0.15) is 59.9 Å². The van der Waals surface area contributed by atoms with Crippen molar-refractivity contribution < 1.29 is 19.4 Å². The van der Waals surface area contributed by atoms with E-state index in [4.69, 9.17) is 4.74 Å². The van der Waals surface area contributed by atoms with Crippen LogP contribution in [-0.2, 0) is 16.1 Å². The van der Waals surface area contributed by atoms with Gasteiger partial charge in [-0.05, 0) is 57.6 Å². The van der Waals surface area contributed by atoms with Crippen molar-refractivity contribution in [3.05, 3.63) is 35.9 Å². The largest absolute Gasteiger partial charge is 0.444 e. The summed E-state index contributed by atoms with van der Waals surface area (Å²) >= 11 is 0. The molecule has 0 aromatic heterocycles. The number of likely N-dealkylation sites (tertiary alicyclic amines) is 1. The third-order valence-corrected chi connectivity index (χ3v) is 5.65. The van der Waals surface area contributed by atoms with Crippen LogP contribution < -0.4 is 10.6 Å². The van der Waals surface area contributed by atoms with Crippen molar-refractivity contribution in [3.63, 3.8) is 0 Å². The Morgan fingerprint density at radius 3 is 2.47 bits per heavy atom. The number of hydrogen-bond acceptors (Lipinski definition) is 5. The van der Waals surface area contributed by atoms with E-state index in [9.17, 15) is 14.7 Å². The average molecular weight is 448 g/mol. The molecule has 0 bridgehead atoms. The number of aliphatic hydroxyl groups excluding tert-OH is 1. The van der Waals surface area contributed by atoms with Gasteiger partial charge in [0.05, 0.1) is 12.1 Å². The molecule has 1 aliphatic heterocycles. The van der Waals surface area contributed by atoms with E-state index in [1.54, 1.807) is 20.8 Å². The Labute approximate surface area is 192 Å². The van der Waals surface area contributed by atoms with Crippen molar-refractivity contribution >= 4 is 12.0 Å². The molecule has 2 rings (SSSR count). The van der Waals surface area contributed by atoms with Crippen molar-refractivity contribution in [3.8, 4) is 0 Å². The fraction of sp³-hybridized carbons (Fsp3) is 0.680. The second kappa shape index (κ2) is 11.7. The van der Waals surface area contributed by atoms with Crippen LogP contribution in [0, 0.1) is 11.8 Å². The third kappa shape index (κ3) is 8.79. The number of ether oxygens (including phenoxy) is 1. The highest BCUT2D eigenvalue weighted by Crippen LogP contribution is 2.21. The van der Waals surface area contributed by atoms with Crippen LogP contribution in [0.15, 0.2) is 30.3 Å². The first-order valence-electron chi connectivity index (χ1n) is 11.7. The molecule has 0 spiro atoms. The molecule has 7 nitrogen and oxygen atoms in total. The van der Waals surface area contributed by atoms with Gasteiger partial charge in [-0.3, -0.25) is 9.69 Å². The van der Waals surface area contributed by atoms with Gasteiger partial charge in [0.2, 0.25) is 5.91 Å². The lowest BCUT2D eigenvalue weighted by Gasteiger charge is -2.30. The van der Waals surface area contributed by atoms with Gasteiger partial charge in [-0.1, -0.05) is 51.1 Å². The Morgan fingerprint density at radius 2 is 1.88 bits per heavy atom. The van der Waals surface area contributed by atoms with Gasteiger partial charge >= 0.3 is 6.09 Å². The predicted molar refractivity (Wildman–Crippen MR) is 126 cm³/mol. The summed E-state index contributed by atoms with van der Waals surface area (Å²) in [7, 11) is 0. The number of hydrogen-bond donors (Lipinski definition) is 3. The van der Waals surface area contributed by atoms with Crippen LogP contribution in [0.25, 0.3) is 0 Å². The van der Waals surface area contributed by atoms with Crippen molar-refractivity contribution in [2.24, 2.45) is 11.8 Å². The maximum Gasteiger partial charge on any atom is 0.408 e. The number of nitrogens with one attached hydrogen (secondary N) is 2. The van der Waals surface area contributed by atoms with Gasteiger partial charge in [0.1, 0.15) is 11.6 Å². The predicted octanol–water partition coefficient (Wildman–Crippen LogP) is 3.31. The molecule has 3 N–H and O–H groups in total. The maximum atomic E-state index is 13.1. The van der Waals surface area contributed by atoms with Crippen LogP contribution in [0.4, 0.5) is 4.79 Å². The maximum absolute atomic E-state index is 13.1. The highest BCUT2D eigenvalue weighted by Gasteiger charge is 2.34. The minimum absolute atomic E-state index is 0.107. The van der Waals surface area contributed by atoms with Gasteiger partial charge < -0.3 is 20.5 Å². The molecule has 1 heterocycles. The minimum atomic E-state index is -0.715. The van der Waals surface area contributed by atoms with Gasteiger partial charge in [0.15, 0.2) is 0 Å². The smallest absolute Gasteiger partial charge is 0.408 e. The molecule has 4 atom stereocenters. The highest BCUT2D eigenvalue weighted by atomic mass is 16.6. The average Bonchev–Trinajstić information content (AvgIpc) is 2.80. The first-order chi connectivity index (χ1) is 14.9. The third-order valence-electron chi connectivity index (χ3n) is 5.65. The van der Waals surface area contributed by atoms with E-state index < -0.39 is 23.8 Å². The number of aliphatic hydroxyl groups is 1. The van der Waals surface area contributed by atoms with E-state index in [2.05, 4.69) is 34.6 Å². The molecule has 7 heteroatoms. The highest BCUT2D eigenvalue weighted by molar-refractivity contribution is 5.86. The van der Waals surface area contributed by atoms with Crippen molar-refractivity contribution in [2.45, 2.75) is 84.7 Å². The molecule has 1 saturated heterocycles. The Hall–Kier alpha value is -2.12. The van der Waals surface area contributed by atoms with E-state index in [0.717, 1.165) is 19.5 Å². The molecule has 0 saturated carbocycles. The van der Waals surface area contributed by atoms with E-state index in [0.29, 0.717) is 13.0 Å². The summed E-state index contributed by atoms with van der Waals surface area (Å²) in [5, 5.41) is 16.7. The van der Waals surface area contributed by atoms with Crippen LogP contribution in [0.5, 0.6) is 0 Å². The van der Waals surface area contributed by atoms with E-state index in [1.165, 1.54) is 5.56 Å². The van der Waals surface area contributed by atoms with Gasteiger partial charge in [0, 0.05) is 13.1 Å². The molecule has 32 heavy (non-hydrogen) atoms. The van der Waals surface area contributed by atoms with E-state index >= 15 is 0 Å². The number of alkyl carbamates (subject to hydrolysis) is 1. The van der Waals surface area contributed by atoms with Crippen LogP contribution >= 0.6 is 0 Å². The first-order valence-corrected chi connectivity index (χ1v) is 11.7. The number of carbonyl (C=O) groups is 2. The van der Waals surface area contributed by atoms with Crippen molar-refractivity contribution in [2.75, 3.05) is 13.1 Å². The SMILES string of the molecule is CC(C)C[C@H](NC(=O)OC(C)(C)C)C(=O)NC1C(C)CCN(Cc2ccccc2)CC1O. The monoisotopic (exact) mass is 447 g/mol. The Balaban J connectivity index is 2.03. The van der Waals surface area contributed by atoms with Gasteiger partial charge in [-0.15, -0.1) is 0 Å². The number of nitrogens with zero attached hydrogens (tertiary/aromatic N) is 1. The van der Waals surface area contributed by atoms with E-state index in [-0.39, 0.29) is 23.8 Å². The number of β-amino-alcohol motifs (C(OH)–C–C–N with tert-alkyl or cyclic N) is 1. The fourth-order valence-corrected chi connectivity index (χ4v) is 4.06. The molecule has 0 aliphatic carbocycles.